The van der Waals surface area contributed by atoms with Crippen molar-refractivity contribution >= 4 is 11.7 Å². The Morgan fingerprint density at radius 2 is 1.95 bits per heavy atom. The smallest absolute Gasteiger partial charge is 0.225 e. The van der Waals surface area contributed by atoms with Crippen LogP contribution in [0.3, 0.4) is 0 Å². The van der Waals surface area contributed by atoms with E-state index in [1.807, 2.05) is 12.3 Å². The van der Waals surface area contributed by atoms with Crippen molar-refractivity contribution in [1.29, 1.82) is 0 Å². The average molecular weight is 286 g/mol. The molecule has 21 heavy (non-hydrogen) atoms. The van der Waals surface area contributed by atoms with Gasteiger partial charge >= 0.3 is 0 Å². The van der Waals surface area contributed by atoms with Crippen molar-refractivity contribution in [3.63, 3.8) is 0 Å². The molecule has 0 N–H and O–H groups in total. The molecule has 0 unspecified atom stereocenters. The normalized spacial score (nSPS) is 23.0. The van der Waals surface area contributed by atoms with E-state index in [-0.39, 0.29) is 0 Å². The first-order valence-corrected chi connectivity index (χ1v) is 8.18. The van der Waals surface area contributed by atoms with Crippen molar-refractivity contribution in [1.82, 2.24) is 14.9 Å². The highest BCUT2D eigenvalue weighted by Gasteiger charge is 2.34. The minimum absolute atomic E-state index is 0.331. The SMILES string of the molecule is O=C(C1CC1)N1CCCN(c2ccnc(C3CC3)n2)CC1. The van der Waals surface area contributed by atoms with Gasteiger partial charge in [-0.2, -0.15) is 0 Å². The number of aromatic nitrogens is 2. The van der Waals surface area contributed by atoms with Crippen molar-refractivity contribution in [2.75, 3.05) is 31.1 Å². The molecule has 5 heteroatoms. The minimum atomic E-state index is 0.331. The second kappa shape index (κ2) is 5.28. The molecule has 0 radical (unpaired) electrons. The molecule has 1 saturated heterocycles. The molecule has 112 valence electrons. The van der Waals surface area contributed by atoms with Crippen LogP contribution < -0.4 is 4.90 Å². The Morgan fingerprint density at radius 3 is 2.71 bits per heavy atom. The molecule has 0 bridgehead atoms. The van der Waals surface area contributed by atoms with Crippen LogP contribution in [0.25, 0.3) is 0 Å². The standard InChI is InChI=1S/C16H22N4O/c21-16(13-4-5-13)20-9-1-8-19(10-11-20)14-6-7-17-15(18-14)12-2-3-12/h6-7,12-13H,1-5,8-11H2. The van der Waals surface area contributed by atoms with Gasteiger partial charge in [0.15, 0.2) is 0 Å². The summed E-state index contributed by atoms with van der Waals surface area (Å²) < 4.78 is 0. The van der Waals surface area contributed by atoms with Gasteiger partial charge in [-0.15, -0.1) is 0 Å². The average Bonchev–Trinajstić information content (AvgIpc) is 3.41. The molecule has 3 aliphatic rings. The maximum atomic E-state index is 12.2. The molecule has 1 aromatic heterocycles. The molecule has 2 heterocycles. The van der Waals surface area contributed by atoms with Crippen LogP contribution in [0.4, 0.5) is 5.82 Å². The van der Waals surface area contributed by atoms with Crippen LogP contribution in [-0.4, -0.2) is 47.0 Å². The Morgan fingerprint density at radius 1 is 1.10 bits per heavy atom. The van der Waals surface area contributed by atoms with Gasteiger partial charge in [0.2, 0.25) is 5.91 Å². The molecule has 1 aromatic rings. The lowest BCUT2D eigenvalue weighted by molar-refractivity contribution is -0.132. The number of carbonyl (C=O) groups excluding carboxylic acids is 1. The van der Waals surface area contributed by atoms with Gasteiger partial charge < -0.3 is 9.80 Å². The van der Waals surface area contributed by atoms with Gasteiger partial charge in [0, 0.05) is 44.2 Å². The first-order chi connectivity index (χ1) is 10.3. The maximum Gasteiger partial charge on any atom is 0.225 e. The highest BCUT2D eigenvalue weighted by molar-refractivity contribution is 5.81. The van der Waals surface area contributed by atoms with Gasteiger partial charge in [-0.25, -0.2) is 9.97 Å². The topological polar surface area (TPSA) is 49.3 Å². The lowest BCUT2D eigenvalue weighted by Gasteiger charge is -2.23. The molecule has 0 spiro atoms. The maximum absolute atomic E-state index is 12.2. The Bertz CT molecular complexity index is 539. The molecular weight excluding hydrogens is 264 g/mol. The predicted octanol–water partition coefficient (Wildman–Crippen LogP) is 1.80. The number of hydrogen-bond donors (Lipinski definition) is 0. The van der Waals surface area contributed by atoms with Crippen molar-refractivity contribution < 1.29 is 4.79 Å². The number of rotatable bonds is 3. The first kappa shape index (κ1) is 13.0. The highest BCUT2D eigenvalue weighted by Crippen LogP contribution is 2.38. The van der Waals surface area contributed by atoms with Crippen LogP contribution >= 0.6 is 0 Å². The zero-order valence-corrected chi connectivity index (χ0v) is 12.4. The second-order valence-electron chi connectivity index (χ2n) is 6.49. The second-order valence-corrected chi connectivity index (χ2v) is 6.49. The van der Waals surface area contributed by atoms with E-state index in [0.29, 0.717) is 17.7 Å². The molecule has 1 aliphatic heterocycles. The summed E-state index contributed by atoms with van der Waals surface area (Å²) >= 11 is 0. The molecule has 0 aromatic carbocycles. The van der Waals surface area contributed by atoms with Crippen LogP contribution in [-0.2, 0) is 4.79 Å². The summed E-state index contributed by atoms with van der Waals surface area (Å²) in [6.45, 7) is 3.60. The minimum Gasteiger partial charge on any atom is -0.355 e. The van der Waals surface area contributed by atoms with Gasteiger partial charge in [-0.05, 0) is 38.2 Å². The van der Waals surface area contributed by atoms with Crippen LogP contribution in [0.2, 0.25) is 0 Å². The van der Waals surface area contributed by atoms with E-state index in [1.165, 1.54) is 12.8 Å². The summed E-state index contributed by atoms with van der Waals surface area (Å²) in [6.07, 6.45) is 7.56. The van der Waals surface area contributed by atoms with Crippen molar-refractivity contribution in [2.24, 2.45) is 5.92 Å². The van der Waals surface area contributed by atoms with Crippen LogP contribution in [0.5, 0.6) is 0 Å². The number of nitrogens with zero attached hydrogens (tertiary/aromatic N) is 4. The third-order valence-corrected chi connectivity index (χ3v) is 4.66. The number of anilines is 1. The van der Waals surface area contributed by atoms with E-state index in [1.54, 1.807) is 0 Å². The van der Waals surface area contributed by atoms with E-state index in [9.17, 15) is 4.79 Å². The summed E-state index contributed by atoms with van der Waals surface area (Å²) in [4.78, 5) is 25.7. The third-order valence-electron chi connectivity index (χ3n) is 4.66. The van der Waals surface area contributed by atoms with E-state index in [0.717, 1.165) is 57.1 Å². The van der Waals surface area contributed by atoms with E-state index < -0.39 is 0 Å². The van der Waals surface area contributed by atoms with E-state index in [2.05, 4.69) is 14.8 Å². The fourth-order valence-electron chi connectivity index (χ4n) is 3.03. The summed E-state index contributed by atoms with van der Waals surface area (Å²) in [5, 5.41) is 0. The lowest BCUT2D eigenvalue weighted by atomic mass is 10.3. The van der Waals surface area contributed by atoms with E-state index >= 15 is 0 Å². The Kier molecular flexibility index (Phi) is 3.28. The molecular formula is C16H22N4O. The van der Waals surface area contributed by atoms with Crippen molar-refractivity contribution in [3.05, 3.63) is 18.1 Å². The van der Waals surface area contributed by atoms with Gasteiger partial charge in [-0.3, -0.25) is 4.79 Å². The van der Waals surface area contributed by atoms with Crippen molar-refractivity contribution in [3.8, 4) is 0 Å². The molecule has 5 nitrogen and oxygen atoms in total. The molecule has 0 atom stereocenters. The van der Waals surface area contributed by atoms with Crippen LogP contribution in [0.15, 0.2) is 12.3 Å². The number of hydrogen-bond acceptors (Lipinski definition) is 4. The third kappa shape index (κ3) is 2.87. The van der Waals surface area contributed by atoms with Gasteiger partial charge in [-0.1, -0.05) is 0 Å². The zero-order valence-electron chi connectivity index (χ0n) is 12.4. The molecule has 2 saturated carbocycles. The van der Waals surface area contributed by atoms with Gasteiger partial charge in [0.25, 0.3) is 0 Å². The lowest BCUT2D eigenvalue weighted by Crippen LogP contribution is -2.36. The molecule has 4 rings (SSSR count). The fraction of sp³-hybridized carbons (Fsp3) is 0.688. The molecule has 3 fully saturated rings. The number of amides is 1. The van der Waals surface area contributed by atoms with E-state index in [4.69, 9.17) is 4.98 Å². The van der Waals surface area contributed by atoms with Gasteiger partial charge in [0.05, 0.1) is 0 Å². The zero-order chi connectivity index (χ0) is 14.2. The van der Waals surface area contributed by atoms with Crippen LogP contribution in [0.1, 0.15) is 43.8 Å². The fourth-order valence-corrected chi connectivity index (χ4v) is 3.03. The molecule has 2 aliphatic carbocycles. The highest BCUT2D eigenvalue weighted by atomic mass is 16.2. The Balaban J connectivity index is 1.43. The Hall–Kier alpha value is -1.65. The summed E-state index contributed by atoms with van der Waals surface area (Å²) in [7, 11) is 0. The summed E-state index contributed by atoms with van der Waals surface area (Å²) in [6, 6.07) is 2.00. The summed E-state index contributed by atoms with van der Waals surface area (Å²) in [5.41, 5.74) is 0. The monoisotopic (exact) mass is 286 g/mol. The summed E-state index contributed by atoms with van der Waals surface area (Å²) in [5.74, 6) is 3.33. The Labute approximate surface area is 125 Å². The van der Waals surface area contributed by atoms with Gasteiger partial charge in [0.1, 0.15) is 11.6 Å². The first-order valence-electron chi connectivity index (χ1n) is 8.18. The quantitative estimate of drug-likeness (QED) is 0.850. The van der Waals surface area contributed by atoms with Crippen LogP contribution in [0, 0.1) is 5.92 Å². The number of carbonyl (C=O) groups is 1. The largest absolute Gasteiger partial charge is 0.355 e. The predicted molar refractivity (Wildman–Crippen MR) is 80.1 cm³/mol. The van der Waals surface area contributed by atoms with Crippen molar-refractivity contribution in [2.45, 2.75) is 38.0 Å². The molecule has 1 amide bonds.